The van der Waals surface area contributed by atoms with Crippen LogP contribution in [-0.2, 0) is 0 Å². The lowest BCUT2D eigenvalue weighted by molar-refractivity contribution is 0.0407. The SMILES string of the molecule is COc1cc(F)ccc1[C@@H](N)[C@@H](O)C1CCC1. The molecule has 1 aromatic rings. The van der Waals surface area contributed by atoms with Crippen LogP contribution >= 0.6 is 0 Å². The lowest BCUT2D eigenvalue weighted by atomic mass is 9.77. The van der Waals surface area contributed by atoms with Crippen LogP contribution in [-0.4, -0.2) is 18.3 Å². The van der Waals surface area contributed by atoms with Crippen molar-refractivity contribution in [1.82, 2.24) is 0 Å². The van der Waals surface area contributed by atoms with E-state index in [1.54, 1.807) is 6.07 Å². The van der Waals surface area contributed by atoms with Gasteiger partial charge in [0.1, 0.15) is 11.6 Å². The van der Waals surface area contributed by atoms with Crippen LogP contribution < -0.4 is 10.5 Å². The van der Waals surface area contributed by atoms with Crippen molar-refractivity contribution in [3.63, 3.8) is 0 Å². The molecule has 0 amide bonds. The minimum absolute atomic E-state index is 0.264. The monoisotopic (exact) mass is 239 g/mol. The molecule has 3 N–H and O–H groups in total. The molecule has 0 bridgehead atoms. The average Bonchev–Trinajstić information content (AvgIpc) is 2.25. The van der Waals surface area contributed by atoms with E-state index in [0.717, 1.165) is 19.3 Å². The Kier molecular flexibility index (Phi) is 3.64. The number of methoxy groups -OCH3 is 1. The maximum Gasteiger partial charge on any atom is 0.126 e. The van der Waals surface area contributed by atoms with Crippen LogP contribution in [0.3, 0.4) is 0 Å². The molecule has 0 unspecified atom stereocenters. The highest BCUT2D eigenvalue weighted by Crippen LogP contribution is 2.36. The highest BCUT2D eigenvalue weighted by atomic mass is 19.1. The zero-order chi connectivity index (χ0) is 12.4. The van der Waals surface area contributed by atoms with Crippen molar-refractivity contribution in [2.75, 3.05) is 7.11 Å². The van der Waals surface area contributed by atoms with Crippen molar-refractivity contribution in [3.05, 3.63) is 29.6 Å². The van der Waals surface area contributed by atoms with Crippen molar-refractivity contribution in [2.24, 2.45) is 11.7 Å². The van der Waals surface area contributed by atoms with Crippen molar-refractivity contribution in [2.45, 2.75) is 31.4 Å². The number of aliphatic hydroxyl groups excluding tert-OH is 1. The first-order chi connectivity index (χ1) is 8.13. The summed E-state index contributed by atoms with van der Waals surface area (Å²) in [4.78, 5) is 0. The molecule has 1 fully saturated rings. The van der Waals surface area contributed by atoms with Gasteiger partial charge >= 0.3 is 0 Å². The van der Waals surface area contributed by atoms with Crippen molar-refractivity contribution >= 4 is 0 Å². The van der Waals surface area contributed by atoms with Gasteiger partial charge in [-0.1, -0.05) is 12.5 Å². The molecule has 3 nitrogen and oxygen atoms in total. The fraction of sp³-hybridized carbons (Fsp3) is 0.538. The Morgan fingerprint density at radius 3 is 2.71 bits per heavy atom. The molecule has 4 heteroatoms. The van der Waals surface area contributed by atoms with Gasteiger partial charge in [-0.15, -0.1) is 0 Å². The molecule has 0 aliphatic heterocycles. The Hall–Kier alpha value is -1.13. The quantitative estimate of drug-likeness (QED) is 0.845. The molecule has 1 aliphatic carbocycles. The summed E-state index contributed by atoms with van der Waals surface area (Å²) >= 11 is 0. The van der Waals surface area contributed by atoms with Gasteiger partial charge in [0.15, 0.2) is 0 Å². The molecule has 0 saturated heterocycles. The Balaban J connectivity index is 2.19. The minimum Gasteiger partial charge on any atom is -0.496 e. The Morgan fingerprint density at radius 1 is 1.47 bits per heavy atom. The van der Waals surface area contributed by atoms with Crippen LogP contribution in [0.25, 0.3) is 0 Å². The van der Waals surface area contributed by atoms with Gasteiger partial charge in [-0.05, 0) is 24.8 Å². The van der Waals surface area contributed by atoms with Crippen molar-refractivity contribution < 1.29 is 14.2 Å². The second-order valence-corrected chi connectivity index (χ2v) is 4.59. The first kappa shape index (κ1) is 12.3. The molecule has 17 heavy (non-hydrogen) atoms. The van der Waals surface area contributed by atoms with E-state index in [1.807, 2.05) is 0 Å². The number of nitrogens with two attached hydrogens (primary N) is 1. The van der Waals surface area contributed by atoms with E-state index in [2.05, 4.69) is 0 Å². The third kappa shape index (κ3) is 2.42. The van der Waals surface area contributed by atoms with Gasteiger partial charge in [-0.3, -0.25) is 0 Å². The Morgan fingerprint density at radius 2 is 2.18 bits per heavy atom. The summed E-state index contributed by atoms with van der Waals surface area (Å²) in [6.07, 6.45) is 2.59. The van der Waals surface area contributed by atoms with Crippen LogP contribution in [0.15, 0.2) is 18.2 Å². The largest absolute Gasteiger partial charge is 0.496 e. The van der Waals surface area contributed by atoms with Crippen LogP contribution in [0.5, 0.6) is 5.75 Å². The van der Waals surface area contributed by atoms with E-state index in [4.69, 9.17) is 10.5 Å². The van der Waals surface area contributed by atoms with Gasteiger partial charge in [-0.2, -0.15) is 0 Å². The van der Waals surface area contributed by atoms with E-state index in [-0.39, 0.29) is 11.7 Å². The number of rotatable bonds is 4. The van der Waals surface area contributed by atoms with E-state index < -0.39 is 12.1 Å². The Labute approximate surface area is 100 Å². The maximum atomic E-state index is 13.1. The zero-order valence-electron chi connectivity index (χ0n) is 9.90. The van der Waals surface area contributed by atoms with Crippen LogP contribution in [0, 0.1) is 11.7 Å². The predicted octanol–water partition coefficient (Wildman–Crippen LogP) is 2.00. The number of hydrogen-bond donors (Lipinski definition) is 2. The molecule has 2 rings (SSSR count). The second kappa shape index (κ2) is 5.02. The van der Waals surface area contributed by atoms with E-state index in [1.165, 1.54) is 19.2 Å². The number of hydrogen-bond acceptors (Lipinski definition) is 3. The van der Waals surface area contributed by atoms with E-state index >= 15 is 0 Å². The Bertz CT molecular complexity index is 393. The average molecular weight is 239 g/mol. The number of benzene rings is 1. The summed E-state index contributed by atoms with van der Waals surface area (Å²) in [6, 6.07) is 3.70. The van der Waals surface area contributed by atoms with Crippen LogP contribution in [0.2, 0.25) is 0 Å². The third-order valence-corrected chi connectivity index (χ3v) is 3.56. The summed E-state index contributed by atoms with van der Waals surface area (Å²) in [5.41, 5.74) is 6.68. The normalized spacial score (nSPS) is 19.5. The summed E-state index contributed by atoms with van der Waals surface area (Å²) in [7, 11) is 1.47. The first-order valence-corrected chi connectivity index (χ1v) is 5.90. The fourth-order valence-electron chi connectivity index (χ4n) is 2.22. The van der Waals surface area contributed by atoms with Crippen LogP contribution in [0.4, 0.5) is 4.39 Å². The smallest absolute Gasteiger partial charge is 0.126 e. The number of aliphatic hydroxyl groups is 1. The summed E-state index contributed by atoms with van der Waals surface area (Å²) in [6.45, 7) is 0. The highest BCUT2D eigenvalue weighted by Gasteiger charge is 2.31. The van der Waals surface area contributed by atoms with E-state index in [9.17, 15) is 9.50 Å². The number of halogens is 1. The molecule has 1 aromatic carbocycles. The third-order valence-electron chi connectivity index (χ3n) is 3.56. The first-order valence-electron chi connectivity index (χ1n) is 5.90. The molecular formula is C13H18FNO2. The van der Waals surface area contributed by atoms with Gasteiger partial charge in [-0.25, -0.2) is 4.39 Å². The zero-order valence-corrected chi connectivity index (χ0v) is 9.90. The highest BCUT2D eigenvalue weighted by molar-refractivity contribution is 5.37. The molecule has 0 heterocycles. The molecule has 1 saturated carbocycles. The van der Waals surface area contributed by atoms with Gasteiger partial charge in [0.05, 0.1) is 19.3 Å². The van der Waals surface area contributed by atoms with E-state index in [0.29, 0.717) is 11.3 Å². The summed E-state index contributed by atoms with van der Waals surface area (Å²) in [5.74, 6) is 0.298. The number of ether oxygens (including phenoxy) is 1. The summed E-state index contributed by atoms with van der Waals surface area (Å²) < 4.78 is 18.1. The molecule has 1 aliphatic rings. The predicted molar refractivity (Wildman–Crippen MR) is 63.2 cm³/mol. The maximum absolute atomic E-state index is 13.1. The molecule has 94 valence electrons. The molecular weight excluding hydrogens is 221 g/mol. The van der Waals surface area contributed by atoms with Gasteiger partial charge in [0.25, 0.3) is 0 Å². The van der Waals surface area contributed by atoms with Crippen molar-refractivity contribution in [3.8, 4) is 5.75 Å². The van der Waals surface area contributed by atoms with Gasteiger partial charge in [0.2, 0.25) is 0 Å². The standard InChI is InChI=1S/C13H18FNO2/c1-17-11-7-9(14)5-6-10(11)12(15)13(16)8-3-2-4-8/h5-8,12-13,16H,2-4,15H2,1H3/t12-,13+/m1/s1. The lowest BCUT2D eigenvalue weighted by Gasteiger charge is -2.34. The molecule has 0 radical (unpaired) electrons. The summed E-state index contributed by atoms with van der Waals surface area (Å²) in [5, 5.41) is 10.1. The molecule has 0 aromatic heterocycles. The minimum atomic E-state index is -0.580. The fourth-order valence-corrected chi connectivity index (χ4v) is 2.22. The van der Waals surface area contributed by atoms with Gasteiger partial charge in [0, 0.05) is 11.6 Å². The second-order valence-electron chi connectivity index (χ2n) is 4.59. The topological polar surface area (TPSA) is 55.5 Å². The van der Waals surface area contributed by atoms with Crippen LogP contribution in [0.1, 0.15) is 30.9 Å². The van der Waals surface area contributed by atoms with Crippen molar-refractivity contribution in [1.29, 1.82) is 0 Å². The lowest BCUT2D eigenvalue weighted by Crippen LogP contribution is -2.36. The molecule has 0 spiro atoms. The van der Waals surface area contributed by atoms with Gasteiger partial charge < -0.3 is 15.6 Å². The molecule has 2 atom stereocenters.